The lowest BCUT2D eigenvalue weighted by molar-refractivity contribution is 0.391. The van der Waals surface area contributed by atoms with Crippen molar-refractivity contribution in [3.05, 3.63) is 66.1 Å². The van der Waals surface area contributed by atoms with Crippen molar-refractivity contribution in [2.45, 2.75) is 44.1 Å². The molecule has 0 radical (unpaired) electrons. The average molecular weight is 406 g/mol. The highest BCUT2D eigenvalue weighted by atomic mass is 32.2. The van der Waals surface area contributed by atoms with Crippen molar-refractivity contribution in [2.24, 2.45) is 0 Å². The van der Waals surface area contributed by atoms with Gasteiger partial charge in [-0.1, -0.05) is 85.4 Å². The molecule has 0 N–H and O–H groups in total. The first-order chi connectivity index (χ1) is 14.2. The second-order valence-corrected chi connectivity index (χ2v) is 7.94. The maximum absolute atomic E-state index is 5.44. The Balaban J connectivity index is 1.47. The zero-order valence-corrected chi connectivity index (χ0v) is 17.6. The molecule has 0 fully saturated rings. The topological polar surface area (TPSA) is 69.6 Å². The molecular weight excluding hydrogens is 382 g/mol. The van der Waals surface area contributed by atoms with Gasteiger partial charge in [-0.05, 0) is 18.4 Å². The molecule has 0 spiro atoms. The van der Waals surface area contributed by atoms with Crippen LogP contribution in [0, 0.1) is 0 Å². The van der Waals surface area contributed by atoms with Gasteiger partial charge in [-0.25, -0.2) is 0 Å². The van der Waals surface area contributed by atoms with Gasteiger partial charge in [-0.15, -0.1) is 10.2 Å². The summed E-state index contributed by atoms with van der Waals surface area (Å²) in [5.41, 5.74) is 3.30. The molecule has 0 amide bonds. The zero-order chi connectivity index (χ0) is 20.2. The minimum atomic E-state index is 0.498. The molecule has 0 unspecified atom stereocenters. The van der Waals surface area contributed by atoms with Crippen LogP contribution in [0.4, 0.5) is 0 Å². The van der Waals surface area contributed by atoms with E-state index in [1.165, 1.54) is 5.56 Å². The van der Waals surface area contributed by atoms with Crippen molar-refractivity contribution >= 4 is 11.8 Å². The molecule has 0 aliphatic carbocycles. The number of aromatic nitrogens is 5. The fourth-order valence-corrected chi connectivity index (χ4v) is 3.90. The first kappa shape index (κ1) is 19.4. The minimum Gasteiger partial charge on any atom is -0.338 e. The number of nitrogens with zero attached hydrogens (tertiary/aromatic N) is 5. The third kappa shape index (κ3) is 4.24. The van der Waals surface area contributed by atoms with Gasteiger partial charge in [0, 0.05) is 17.7 Å². The summed E-state index contributed by atoms with van der Waals surface area (Å²) >= 11 is 1.55. The molecule has 4 rings (SSSR count). The molecule has 6 nitrogen and oxygen atoms in total. The van der Waals surface area contributed by atoms with E-state index in [2.05, 4.69) is 57.8 Å². The Bertz CT molecular complexity index is 1070. The summed E-state index contributed by atoms with van der Waals surface area (Å²) in [6.45, 7) is 7.23. The molecule has 29 heavy (non-hydrogen) atoms. The van der Waals surface area contributed by atoms with Gasteiger partial charge in [0.25, 0.3) is 0 Å². The first-order valence-corrected chi connectivity index (χ1v) is 10.7. The van der Waals surface area contributed by atoms with Gasteiger partial charge in [0.05, 0.1) is 5.75 Å². The Morgan fingerprint density at radius 3 is 2.41 bits per heavy atom. The van der Waals surface area contributed by atoms with Crippen molar-refractivity contribution in [2.75, 3.05) is 0 Å². The molecule has 0 bridgehead atoms. The summed E-state index contributed by atoms with van der Waals surface area (Å²) in [4.78, 5) is 4.53. The Kier molecular flexibility index (Phi) is 5.76. The lowest BCUT2D eigenvalue weighted by Crippen LogP contribution is -1.99. The van der Waals surface area contributed by atoms with E-state index in [1.54, 1.807) is 11.8 Å². The highest BCUT2D eigenvalue weighted by molar-refractivity contribution is 7.98. The third-order valence-corrected chi connectivity index (χ3v) is 5.64. The van der Waals surface area contributed by atoms with Crippen molar-refractivity contribution < 1.29 is 4.52 Å². The second-order valence-electron chi connectivity index (χ2n) is 6.99. The Morgan fingerprint density at radius 1 is 0.966 bits per heavy atom. The van der Waals surface area contributed by atoms with Crippen molar-refractivity contribution in [1.82, 2.24) is 24.9 Å². The van der Waals surface area contributed by atoms with Gasteiger partial charge in [0.2, 0.25) is 11.7 Å². The summed E-state index contributed by atoms with van der Waals surface area (Å²) in [7, 11) is 0. The van der Waals surface area contributed by atoms with Gasteiger partial charge in [0.1, 0.15) is 0 Å². The summed E-state index contributed by atoms with van der Waals surface area (Å²) < 4.78 is 7.54. The molecule has 4 aromatic rings. The molecule has 0 saturated heterocycles. The van der Waals surface area contributed by atoms with E-state index in [1.807, 2.05) is 42.5 Å². The Labute approximate surface area is 174 Å². The molecule has 2 heterocycles. The fourth-order valence-electron chi connectivity index (χ4n) is 3.06. The van der Waals surface area contributed by atoms with E-state index in [9.17, 15) is 0 Å². The van der Waals surface area contributed by atoms with E-state index in [0.717, 1.165) is 28.7 Å². The predicted octanol–water partition coefficient (Wildman–Crippen LogP) is 5.43. The second kappa shape index (κ2) is 8.61. The molecule has 0 aliphatic rings. The number of hydrogen-bond acceptors (Lipinski definition) is 6. The molecule has 2 aromatic carbocycles. The Hall–Kier alpha value is -2.93. The van der Waals surface area contributed by atoms with E-state index in [4.69, 9.17) is 4.52 Å². The van der Waals surface area contributed by atoms with E-state index in [-0.39, 0.29) is 0 Å². The van der Waals surface area contributed by atoms with Crippen LogP contribution in [0.2, 0.25) is 0 Å². The maximum atomic E-state index is 5.44. The molecule has 2 aromatic heterocycles. The SMILES string of the molecule is CCn1c(SCc2nc(-c3ccc(C(C)C)cc3)no2)nnc1-c1ccccc1. The van der Waals surface area contributed by atoms with Gasteiger partial charge in [0.15, 0.2) is 11.0 Å². The first-order valence-electron chi connectivity index (χ1n) is 9.70. The third-order valence-electron chi connectivity index (χ3n) is 4.69. The zero-order valence-electron chi connectivity index (χ0n) is 16.7. The van der Waals surface area contributed by atoms with Crippen LogP contribution in [0.15, 0.2) is 64.3 Å². The van der Waals surface area contributed by atoms with Crippen LogP contribution in [0.3, 0.4) is 0 Å². The van der Waals surface area contributed by atoms with Gasteiger partial charge in [-0.2, -0.15) is 4.98 Å². The lowest BCUT2D eigenvalue weighted by atomic mass is 10.0. The van der Waals surface area contributed by atoms with E-state index < -0.39 is 0 Å². The van der Waals surface area contributed by atoms with E-state index in [0.29, 0.717) is 23.4 Å². The van der Waals surface area contributed by atoms with Crippen molar-refractivity contribution in [3.63, 3.8) is 0 Å². The normalized spacial score (nSPS) is 11.3. The predicted molar refractivity (Wildman–Crippen MR) is 115 cm³/mol. The number of thioether (sulfide) groups is 1. The highest BCUT2D eigenvalue weighted by Crippen LogP contribution is 2.27. The standard InChI is InChI=1S/C22H23N5OS/c1-4-27-21(18-8-6-5-7-9-18)24-25-22(27)29-14-19-23-20(26-28-19)17-12-10-16(11-13-17)15(2)3/h5-13,15H,4,14H2,1-3H3. The molecule has 7 heteroatoms. The summed E-state index contributed by atoms with van der Waals surface area (Å²) in [6.07, 6.45) is 0. The fraction of sp³-hybridized carbons (Fsp3) is 0.273. The van der Waals surface area contributed by atoms with Gasteiger partial charge >= 0.3 is 0 Å². The van der Waals surface area contributed by atoms with Crippen molar-refractivity contribution in [3.8, 4) is 22.8 Å². The summed E-state index contributed by atoms with van der Waals surface area (Å²) in [5, 5.41) is 13.7. The quantitative estimate of drug-likeness (QED) is 0.382. The van der Waals surface area contributed by atoms with Crippen LogP contribution < -0.4 is 0 Å². The lowest BCUT2D eigenvalue weighted by Gasteiger charge is -2.06. The van der Waals surface area contributed by atoms with Crippen LogP contribution in [0.1, 0.15) is 38.1 Å². The molecule has 0 aliphatic heterocycles. The van der Waals surface area contributed by atoms with Crippen LogP contribution in [-0.2, 0) is 12.3 Å². The smallest absolute Gasteiger partial charge is 0.237 e. The summed E-state index contributed by atoms with van der Waals surface area (Å²) in [5.74, 6) is 3.09. The van der Waals surface area contributed by atoms with Gasteiger partial charge < -0.3 is 9.09 Å². The Morgan fingerprint density at radius 2 is 1.72 bits per heavy atom. The maximum Gasteiger partial charge on any atom is 0.237 e. The number of rotatable bonds is 7. The van der Waals surface area contributed by atoms with Crippen molar-refractivity contribution in [1.29, 1.82) is 0 Å². The molecule has 0 saturated carbocycles. The summed E-state index contributed by atoms with van der Waals surface area (Å²) in [6, 6.07) is 18.4. The van der Waals surface area contributed by atoms with Crippen LogP contribution in [-0.4, -0.2) is 24.9 Å². The molecule has 148 valence electrons. The minimum absolute atomic E-state index is 0.498. The van der Waals surface area contributed by atoms with E-state index >= 15 is 0 Å². The average Bonchev–Trinajstić information content (AvgIpc) is 3.39. The van der Waals surface area contributed by atoms with Crippen LogP contribution in [0.5, 0.6) is 0 Å². The monoisotopic (exact) mass is 405 g/mol. The highest BCUT2D eigenvalue weighted by Gasteiger charge is 2.15. The number of hydrogen-bond donors (Lipinski definition) is 0. The van der Waals surface area contributed by atoms with Crippen LogP contribution >= 0.6 is 11.8 Å². The van der Waals surface area contributed by atoms with Gasteiger partial charge in [-0.3, -0.25) is 0 Å². The largest absolute Gasteiger partial charge is 0.338 e. The molecule has 0 atom stereocenters. The molecular formula is C22H23N5OS. The van der Waals surface area contributed by atoms with Crippen LogP contribution in [0.25, 0.3) is 22.8 Å². The number of benzene rings is 2.